The second-order valence-electron chi connectivity index (χ2n) is 9.88. The lowest BCUT2D eigenvalue weighted by Gasteiger charge is -2.35. The van der Waals surface area contributed by atoms with Crippen molar-refractivity contribution in [3.63, 3.8) is 0 Å². The fourth-order valence-electron chi connectivity index (χ4n) is 4.79. The Balaban J connectivity index is 1.58. The van der Waals surface area contributed by atoms with Crippen LogP contribution in [0.25, 0.3) is 0 Å². The number of nitrogens with zero attached hydrogens (tertiary/aromatic N) is 2. The molecule has 2 fully saturated rings. The first-order valence-electron chi connectivity index (χ1n) is 12.5. The topological polar surface area (TPSA) is 52.7 Å². The molecule has 2 saturated heterocycles. The van der Waals surface area contributed by atoms with Crippen LogP contribution in [0.15, 0.2) is 42.5 Å². The van der Waals surface area contributed by atoms with E-state index in [4.69, 9.17) is 0 Å². The van der Waals surface area contributed by atoms with E-state index in [0.29, 0.717) is 22.7 Å². The van der Waals surface area contributed by atoms with Gasteiger partial charge < -0.3 is 15.1 Å². The average molecular weight is 448 g/mol. The maximum Gasteiger partial charge on any atom is 0.256 e. The highest BCUT2D eigenvalue weighted by Crippen LogP contribution is 2.31. The van der Waals surface area contributed by atoms with Gasteiger partial charge in [0, 0.05) is 43.1 Å². The van der Waals surface area contributed by atoms with Gasteiger partial charge in [0.2, 0.25) is 0 Å². The Morgan fingerprint density at radius 2 is 1.48 bits per heavy atom. The summed E-state index contributed by atoms with van der Waals surface area (Å²) in [5.74, 6) is 1.32. The number of piperidine rings is 2. The number of benzene rings is 2. The van der Waals surface area contributed by atoms with Crippen LogP contribution in [0.4, 0.5) is 11.4 Å². The Labute approximate surface area is 198 Å². The highest BCUT2D eigenvalue weighted by atomic mass is 16.2. The van der Waals surface area contributed by atoms with E-state index in [2.05, 4.69) is 31.0 Å². The smallest absolute Gasteiger partial charge is 0.256 e. The van der Waals surface area contributed by atoms with Crippen molar-refractivity contribution < 1.29 is 9.59 Å². The SMILES string of the molecule is CCc1ccc(C(=O)Nc2ccc(N3CCC(C)CC3)c(C(=O)N3CCC(C)CC3)c2)cc1. The van der Waals surface area contributed by atoms with E-state index in [9.17, 15) is 9.59 Å². The molecule has 2 aromatic carbocycles. The second-order valence-corrected chi connectivity index (χ2v) is 9.88. The molecule has 0 radical (unpaired) electrons. The van der Waals surface area contributed by atoms with Crippen molar-refractivity contribution in [1.29, 1.82) is 0 Å². The molecule has 2 aliphatic rings. The number of likely N-dealkylation sites (tertiary alicyclic amines) is 1. The molecular weight excluding hydrogens is 410 g/mol. The number of carbonyl (C=O) groups is 2. The highest BCUT2D eigenvalue weighted by Gasteiger charge is 2.27. The fourth-order valence-corrected chi connectivity index (χ4v) is 4.79. The molecule has 5 nitrogen and oxygen atoms in total. The van der Waals surface area contributed by atoms with Crippen LogP contribution in [-0.2, 0) is 6.42 Å². The van der Waals surface area contributed by atoms with Crippen molar-refractivity contribution in [2.75, 3.05) is 36.4 Å². The molecule has 2 heterocycles. The summed E-state index contributed by atoms with van der Waals surface area (Å²) in [4.78, 5) is 30.8. The lowest BCUT2D eigenvalue weighted by molar-refractivity contribution is 0.0697. The quantitative estimate of drug-likeness (QED) is 0.648. The Kier molecular flexibility index (Phi) is 7.36. The van der Waals surface area contributed by atoms with Gasteiger partial charge in [-0.15, -0.1) is 0 Å². The second kappa shape index (κ2) is 10.4. The molecule has 0 spiro atoms. The van der Waals surface area contributed by atoms with Crippen molar-refractivity contribution in [3.05, 3.63) is 59.2 Å². The van der Waals surface area contributed by atoms with Gasteiger partial charge in [-0.2, -0.15) is 0 Å². The lowest BCUT2D eigenvalue weighted by atomic mass is 9.96. The molecule has 0 bridgehead atoms. The van der Waals surface area contributed by atoms with Crippen LogP contribution < -0.4 is 10.2 Å². The van der Waals surface area contributed by atoms with Gasteiger partial charge in [-0.1, -0.05) is 32.9 Å². The molecule has 33 heavy (non-hydrogen) atoms. The van der Waals surface area contributed by atoms with Gasteiger partial charge in [0.25, 0.3) is 11.8 Å². The summed E-state index contributed by atoms with van der Waals surface area (Å²) in [5, 5.41) is 3.01. The summed E-state index contributed by atoms with van der Waals surface area (Å²) in [6, 6.07) is 13.5. The standard InChI is InChI=1S/C28H37N3O2/c1-4-22-5-7-23(8-6-22)27(32)29-24-9-10-26(30-15-11-20(2)12-16-30)25(19-24)28(33)31-17-13-21(3)14-18-31/h5-10,19-21H,4,11-18H2,1-3H3,(H,29,32). The molecule has 2 aromatic rings. The Morgan fingerprint density at radius 1 is 0.879 bits per heavy atom. The molecule has 2 aliphatic heterocycles. The Hall–Kier alpha value is -2.82. The van der Waals surface area contributed by atoms with Crippen LogP contribution in [0.5, 0.6) is 0 Å². The minimum absolute atomic E-state index is 0.0823. The van der Waals surface area contributed by atoms with Crippen molar-refractivity contribution >= 4 is 23.2 Å². The van der Waals surface area contributed by atoms with Gasteiger partial charge in [0.15, 0.2) is 0 Å². The van der Waals surface area contributed by atoms with E-state index < -0.39 is 0 Å². The van der Waals surface area contributed by atoms with Gasteiger partial charge in [-0.3, -0.25) is 9.59 Å². The number of hydrogen-bond acceptors (Lipinski definition) is 3. The molecule has 4 rings (SSSR count). The van der Waals surface area contributed by atoms with Crippen LogP contribution in [-0.4, -0.2) is 42.9 Å². The predicted octanol–water partition coefficient (Wildman–Crippen LogP) is 5.61. The summed E-state index contributed by atoms with van der Waals surface area (Å²) in [5.41, 5.74) is 4.20. The number of rotatable bonds is 5. The predicted molar refractivity (Wildman–Crippen MR) is 135 cm³/mol. The molecule has 0 aliphatic carbocycles. The zero-order valence-electron chi connectivity index (χ0n) is 20.3. The number of hydrogen-bond donors (Lipinski definition) is 1. The van der Waals surface area contributed by atoms with E-state index in [1.807, 2.05) is 47.4 Å². The third-order valence-electron chi connectivity index (χ3n) is 7.30. The normalized spacial score (nSPS) is 17.8. The first-order chi connectivity index (χ1) is 15.9. The molecule has 176 valence electrons. The van der Waals surface area contributed by atoms with Gasteiger partial charge in [0.05, 0.1) is 5.56 Å². The monoisotopic (exact) mass is 447 g/mol. The van der Waals surface area contributed by atoms with Crippen LogP contribution in [0.1, 0.15) is 72.7 Å². The number of aryl methyl sites for hydroxylation is 1. The van der Waals surface area contributed by atoms with E-state index >= 15 is 0 Å². The molecular formula is C28H37N3O2. The van der Waals surface area contributed by atoms with E-state index in [1.54, 1.807) is 0 Å². The highest BCUT2D eigenvalue weighted by molar-refractivity contribution is 6.06. The van der Waals surface area contributed by atoms with E-state index in [-0.39, 0.29) is 11.8 Å². The maximum absolute atomic E-state index is 13.6. The third-order valence-corrected chi connectivity index (χ3v) is 7.30. The Morgan fingerprint density at radius 3 is 2.09 bits per heavy atom. The average Bonchev–Trinajstić information content (AvgIpc) is 2.84. The first kappa shape index (κ1) is 23.3. The summed E-state index contributed by atoms with van der Waals surface area (Å²) >= 11 is 0. The van der Waals surface area contributed by atoms with Gasteiger partial charge in [-0.25, -0.2) is 0 Å². The molecule has 1 N–H and O–H groups in total. The lowest BCUT2D eigenvalue weighted by Crippen LogP contribution is -2.40. The van der Waals surface area contributed by atoms with Gasteiger partial charge >= 0.3 is 0 Å². The van der Waals surface area contributed by atoms with Crippen LogP contribution in [0.3, 0.4) is 0 Å². The minimum atomic E-state index is -0.151. The summed E-state index contributed by atoms with van der Waals surface area (Å²) in [7, 11) is 0. The maximum atomic E-state index is 13.6. The van der Waals surface area contributed by atoms with Crippen LogP contribution in [0.2, 0.25) is 0 Å². The van der Waals surface area contributed by atoms with E-state index in [0.717, 1.165) is 69.9 Å². The summed E-state index contributed by atoms with van der Waals surface area (Å²) in [6.45, 7) is 10.2. The molecule has 5 heteroatoms. The Bertz CT molecular complexity index is 969. The third kappa shape index (κ3) is 5.58. The van der Waals surface area contributed by atoms with Crippen molar-refractivity contribution in [1.82, 2.24) is 4.90 Å². The van der Waals surface area contributed by atoms with Crippen molar-refractivity contribution in [2.24, 2.45) is 11.8 Å². The summed E-state index contributed by atoms with van der Waals surface area (Å²) in [6.07, 6.45) is 5.32. The van der Waals surface area contributed by atoms with Crippen molar-refractivity contribution in [2.45, 2.75) is 52.9 Å². The fraction of sp³-hybridized carbons (Fsp3) is 0.500. The van der Waals surface area contributed by atoms with Gasteiger partial charge in [-0.05, 0) is 79.8 Å². The number of amides is 2. The number of carbonyl (C=O) groups excluding carboxylic acids is 2. The van der Waals surface area contributed by atoms with E-state index in [1.165, 1.54) is 5.56 Å². The molecule has 0 atom stereocenters. The largest absolute Gasteiger partial charge is 0.371 e. The zero-order valence-corrected chi connectivity index (χ0v) is 20.3. The number of anilines is 2. The zero-order chi connectivity index (χ0) is 23.4. The van der Waals surface area contributed by atoms with Crippen molar-refractivity contribution in [3.8, 4) is 0 Å². The van der Waals surface area contributed by atoms with Gasteiger partial charge in [0.1, 0.15) is 0 Å². The molecule has 0 unspecified atom stereocenters. The molecule has 0 aromatic heterocycles. The molecule has 0 saturated carbocycles. The first-order valence-corrected chi connectivity index (χ1v) is 12.5. The minimum Gasteiger partial charge on any atom is -0.371 e. The van der Waals surface area contributed by atoms with Crippen LogP contribution in [0, 0.1) is 11.8 Å². The van der Waals surface area contributed by atoms with Crippen LogP contribution >= 0.6 is 0 Å². The number of nitrogens with one attached hydrogen (secondary N) is 1. The molecule has 2 amide bonds. The summed E-state index contributed by atoms with van der Waals surface area (Å²) < 4.78 is 0.